The number of hydrogen-bond acceptors (Lipinski definition) is 2. The maximum absolute atomic E-state index is 13.0. The second-order valence-electron chi connectivity index (χ2n) is 3.80. The van der Waals surface area contributed by atoms with Gasteiger partial charge in [-0.15, -0.1) is 0 Å². The molecule has 0 saturated heterocycles. The third kappa shape index (κ3) is 3.80. The van der Waals surface area contributed by atoms with Crippen molar-refractivity contribution in [3.05, 3.63) is 35.1 Å². The van der Waals surface area contributed by atoms with Crippen LogP contribution < -0.4 is 0 Å². The van der Waals surface area contributed by atoms with Gasteiger partial charge in [0.15, 0.2) is 5.78 Å². The van der Waals surface area contributed by atoms with Gasteiger partial charge in [0.2, 0.25) is 0 Å². The van der Waals surface area contributed by atoms with E-state index >= 15 is 0 Å². The zero-order chi connectivity index (χ0) is 11.4. The fourth-order valence-corrected chi connectivity index (χ4v) is 1.22. The molecule has 0 N–H and O–H groups in total. The van der Waals surface area contributed by atoms with Crippen molar-refractivity contribution in [3.8, 4) is 0 Å². The van der Waals surface area contributed by atoms with Crippen LogP contribution in [0, 0.1) is 12.7 Å². The van der Waals surface area contributed by atoms with Gasteiger partial charge < -0.3 is 4.74 Å². The van der Waals surface area contributed by atoms with Crippen LogP contribution in [0.2, 0.25) is 0 Å². The molecule has 0 amide bonds. The van der Waals surface area contributed by atoms with E-state index in [2.05, 4.69) is 0 Å². The minimum atomic E-state index is -0.386. The summed E-state index contributed by atoms with van der Waals surface area (Å²) < 4.78 is 18.2. The lowest BCUT2D eigenvalue weighted by molar-refractivity contribution is 0.0584. The number of rotatable bonds is 4. The monoisotopic (exact) mass is 210 g/mol. The molecule has 0 heterocycles. The number of hydrogen-bond donors (Lipinski definition) is 0. The molecule has 3 heteroatoms. The zero-order valence-corrected chi connectivity index (χ0v) is 9.21. The van der Waals surface area contributed by atoms with Gasteiger partial charge in [0, 0.05) is 5.56 Å². The van der Waals surface area contributed by atoms with Crippen molar-refractivity contribution < 1.29 is 13.9 Å². The number of Topliss-reactive ketones (excluding diaryl/α,β-unsaturated/α-hetero) is 1. The highest BCUT2D eigenvalue weighted by Gasteiger charge is 2.08. The minimum Gasteiger partial charge on any atom is -0.371 e. The highest BCUT2D eigenvalue weighted by Crippen LogP contribution is 2.09. The molecule has 0 aliphatic carbocycles. The molecule has 2 nitrogen and oxygen atoms in total. The number of ether oxygens (including phenoxy) is 1. The molecule has 0 aliphatic heterocycles. The summed E-state index contributed by atoms with van der Waals surface area (Å²) in [6.07, 6.45) is 0.00334. The van der Waals surface area contributed by atoms with Crippen LogP contribution in [0.3, 0.4) is 0 Å². The van der Waals surface area contributed by atoms with Gasteiger partial charge in [0.1, 0.15) is 12.4 Å². The van der Waals surface area contributed by atoms with Crippen molar-refractivity contribution in [2.45, 2.75) is 26.9 Å². The molecule has 1 aromatic carbocycles. The van der Waals surface area contributed by atoms with Crippen LogP contribution in [-0.2, 0) is 4.74 Å². The molecule has 0 aliphatic rings. The van der Waals surface area contributed by atoms with Crippen LogP contribution in [0.4, 0.5) is 4.39 Å². The van der Waals surface area contributed by atoms with Gasteiger partial charge in [0.05, 0.1) is 6.10 Å². The van der Waals surface area contributed by atoms with E-state index in [1.807, 2.05) is 13.8 Å². The summed E-state index contributed by atoms with van der Waals surface area (Å²) in [4.78, 5) is 11.6. The Hall–Kier alpha value is -1.22. The van der Waals surface area contributed by atoms with Gasteiger partial charge in [-0.05, 0) is 44.5 Å². The van der Waals surface area contributed by atoms with Crippen LogP contribution in [0.1, 0.15) is 29.8 Å². The maximum atomic E-state index is 13.0. The molecule has 1 rings (SSSR count). The Bertz CT molecular complexity index is 338. The summed E-state index contributed by atoms with van der Waals surface area (Å²) >= 11 is 0. The molecule has 0 aromatic heterocycles. The average molecular weight is 210 g/mol. The Kier molecular flexibility index (Phi) is 3.97. The fourth-order valence-electron chi connectivity index (χ4n) is 1.22. The summed E-state index contributed by atoms with van der Waals surface area (Å²) in [5, 5.41) is 0. The number of benzene rings is 1. The highest BCUT2D eigenvalue weighted by molar-refractivity contribution is 5.97. The van der Waals surface area contributed by atoms with Crippen molar-refractivity contribution in [1.29, 1.82) is 0 Å². The van der Waals surface area contributed by atoms with E-state index in [4.69, 9.17) is 4.74 Å². The van der Waals surface area contributed by atoms with E-state index in [9.17, 15) is 9.18 Å². The highest BCUT2D eigenvalue weighted by atomic mass is 19.1. The van der Waals surface area contributed by atoms with E-state index < -0.39 is 0 Å². The van der Waals surface area contributed by atoms with Gasteiger partial charge in [-0.3, -0.25) is 4.79 Å². The zero-order valence-electron chi connectivity index (χ0n) is 9.21. The van der Waals surface area contributed by atoms with Crippen molar-refractivity contribution >= 4 is 5.78 Å². The molecule has 0 fully saturated rings. The van der Waals surface area contributed by atoms with Crippen molar-refractivity contribution in [3.63, 3.8) is 0 Å². The second-order valence-corrected chi connectivity index (χ2v) is 3.80. The molecule has 0 radical (unpaired) electrons. The SMILES string of the molecule is Cc1cc(F)cc(C(=O)COC(C)C)c1. The Labute approximate surface area is 89.1 Å². The van der Waals surface area contributed by atoms with Crippen LogP contribution >= 0.6 is 0 Å². The van der Waals surface area contributed by atoms with Gasteiger partial charge in [0.25, 0.3) is 0 Å². The third-order valence-corrected chi connectivity index (χ3v) is 1.91. The number of ketones is 1. The molecular weight excluding hydrogens is 195 g/mol. The smallest absolute Gasteiger partial charge is 0.188 e. The summed E-state index contributed by atoms with van der Waals surface area (Å²) in [6.45, 7) is 5.46. The Morgan fingerprint density at radius 2 is 2.07 bits per heavy atom. The molecular formula is C12H15FO2. The largest absolute Gasteiger partial charge is 0.371 e. The Balaban J connectivity index is 2.73. The summed E-state index contributed by atoms with van der Waals surface area (Å²) in [5.74, 6) is -0.575. The molecule has 15 heavy (non-hydrogen) atoms. The van der Waals surface area contributed by atoms with Gasteiger partial charge in [-0.1, -0.05) is 0 Å². The van der Waals surface area contributed by atoms with Gasteiger partial charge >= 0.3 is 0 Å². The van der Waals surface area contributed by atoms with Crippen LogP contribution in [0.15, 0.2) is 18.2 Å². The van der Waals surface area contributed by atoms with E-state index in [1.54, 1.807) is 13.0 Å². The molecule has 0 saturated carbocycles. The third-order valence-electron chi connectivity index (χ3n) is 1.91. The number of carbonyl (C=O) groups is 1. The van der Waals surface area contributed by atoms with Gasteiger partial charge in [-0.25, -0.2) is 4.39 Å². The van der Waals surface area contributed by atoms with Gasteiger partial charge in [-0.2, -0.15) is 0 Å². The van der Waals surface area contributed by atoms with Crippen LogP contribution in [0.25, 0.3) is 0 Å². The lowest BCUT2D eigenvalue weighted by atomic mass is 10.1. The molecule has 1 aromatic rings. The van der Waals surface area contributed by atoms with Crippen LogP contribution in [0.5, 0.6) is 0 Å². The lowest BCUT2D eigenvalue weighted by Crippen LogP contribution is -2.13. The summed E-state index contributed by atoms with van der Waals surface area (Å²) in [7, 11) is 0. The maximum Gasteiger partial charge on any atom is 0.188 e. The molecule has 0 bridgehead atoms. The Morgan fingerprint density at radius 3 is 2.60 bits per heavy atom. The normalized spacial score (nSPS) is 10.7. The van der Waals surface area contributed by atoms with E-state index in [-0.39, 0.29) is 24.3 Å². The second kappa shape index (κ2) is 5.03. The summed E-state index contributed by atoms with van der Waals surface area (Å²) in [5.41, 5.74) is 1.11. The average Bonchev–Trinajstić information content (AvgIpc) is 2.12. The van der Waals surface area contributed by atoms with Crippen molar-refractivity contribution in [2.75, 3.05) is 6.61 Å². The van der Waals surface area contributed by atoms with Crippen molar-refractivity contribution in [2.24, 2.45) is 0 Å². The first-order valence-corrected chi connectivity index (χ1v) is 4.91. The predicted octanol–water partition coefficient (Wildman–Crippen LogP) is 2.74. The topological polar surface area (TPSA) is 26.3 Å². The number of halogens is 1. The lowest BCUT2D eigenvalue weighted by Gasteiger charge is -2.07. The molecule has 0 spiro atoms. The fraction of sp³-hybridized carbons (Fsp3) is 0.417. The first-order chi connectivity index (χ1) is 6.99. The minimum absolute atomic E-state index is 0.000556. The molecule has 82 valence electrons. The van der Waals surface area contributed by atoms with Crippen LogP contribution in [-0.4, -0.2) is 18.5 Å². The Morgan fingerprint density at radius 1 is 1.40 bits per heavy atom. The van der Waals surface area contributed by atoms with E-state index in [1.165, 1.54) is 12.1 Å². The first kappa shape index (κ1) is 11.9. The van der Waals surface area contributed by atoms with E-state index in [0.29, 0.717) is 5.56 Å². The first-order valence-electron chi connectivity index (χ1n) is 4.91. The van der Waals surface area contributed by atoms with E-state index in [0.717, 1.165) is 5.56 Å². The quantitative estimate of drug-likeness (QED) is 0.714. The molecule has 0 unspecified atom stereocenters. The molecule has 0 atom stereocenters. The summed E-state index contributed by atoms with van der Waals surface area (Å²) in [6, 6.07) is 4.29. The number of carbonyl (C=O) groups excluding carboxylic acids is 1. The standard InChI is InChI=1S/C12H15FO2/c1-8(2)15-7-12(14)10-4-9(3)5-11(13)6-10/h4-6,8H,7H2,1-3H3. The predicted molar refractivity (Wildman–Crippen MR) is 56.6 cm³/mol. The number of aryl methyl sites for hydroxylation is 1. The van der Waals surface area contributed by atoms with Crippen molar-refractivity contribution in [1.82, 2.24) is 0 Å².